The number of ether oxygens (including phenoxy) is 2. The first-order valence-corrected chi connectivity index (χ1v) is 9.15. The molecule has 0 spiro atoms. The standard InChI is InChI=1S/C23H20F2N2O3/c1-29-19-11-7-10-18(22(19)30-23(24)25)13-14-21(28)27(20-12-5-6-15-26-20)16-17-8-3-2-4-9-17/h2-15,23H,16H2,1H3/b14-13+. The lowest BCUT2D eigenvalue weighted by atomic mass is 10.1. The fraction of sp³-hybridized carbons (Fsp3) is 0.130. The molecule has 0 aliphatic carbocycles. The first-order chi connectivity index (χ1) is 14.6. The molecule has 1 aromatic heterocycles. The number of hydrogen-bond acceptors (Lipinski definition) is 4. The Bertz CT molecular complexity index is 996. The summed E-state index contributed by atoms with van der Waals surface area (Å²) in [5.41, 5.74) is 1.22. The van der Waals surface area contributed by atoms with Crippen molar-refractivity contribution in [1.29, 1.82) is 0 Å². The van der Waals surface area contributed by atoms with Crippen molar-refractivity contribution in [2.45, 2.75) is 13.2 Å². The van der Waals surface area contributed by atoms with Gasteiger partial charge in [0.2, 0.25) is 0 Å². The van der Waals surface area contributed by atoms with Gasteiger partial charge >= 0.3 is 6.61 Å². The van der Waals surface area contributed by atoms with Crippen LogP contribution in [0.3, 0.4) is 0 Å². The highest BCUT2D eigenvalue weighted by Crippen LogP contribution is 2.33. The summed E-state index contributed by atoms with van der Waals surface area (Å²) in [6.45, 7) is -2.72. The normalized spacial score (nSPS) is 10.9. The van der Waals surface area contributed by atoms with Crippen LogP contribution in [0, 0.1) is 0 Å². The molecule has 0 N–H and O–H groups in total. The summed E-state index contributed by atoms with van der Waals surface area (Å²) in [6, 6.07) is 19.4. The van der Waals surface area contributed by atoms with E-state index >= 15 is 0 Å². The van der Waals surface area contributed by atoms with Crippen molar-refractivity contribution >= 4 is 17.8 Å². The Hall–Kier alpha value is -3.74. The molecule has 5 nitrogen and oxygen atoms in total. The van der Waals surface area contributed by atoms with Gasteiger partial charge in [-0.1, -0.05) is 48.5 Å². The number of aromatic nitrogens is 1. The van der Waals surface area contributed by atoms with E-state index in [2.05, 4.69) is 9.72 Å². The van der Waals surface area contributed by atoms with Gasteiger partial charge in [-0.15, -0.1) is 0 Å². The van der Waals surface area contributed by atoms with Crippen LogP contribution in [0.15, 0.2) is 79.0 Å². The number of carbonyl (C=O) groups excluding carboxylic acids is 1. The zero-order valence-electron chi connectivity index (χ0n) is 16.2. The molecule has 0 saturated heterocycles. The third kappa shape index (κ3) is 5.41. The molecular weight excluding hydrogens is 390 g/mol. The zero-order chi connectivity index (χ0) is 21.3. The number of alkyl halides is 2. The average Bonchev–Trinajstić information content (AvgIpc) is 2.77. The number of rotatable bonds is 8. The maximum atomic E-state index is 13.0. The lowest BCUT2D eigenvalue weighted by Gasteiger charge is -2.20. The van der Waals surface area contributed by atoms with E-state index in [-0.39, 0.29) is 17.4 Å². The fourth-order valence-electron chi connectivity index (χ4n) is 2.84. The number of halogens is 2. The molecular formula is C23H20F2N2O3. The van der Waals surface area contributed by atoms with Crippen molar-refractivity contribution in [1.82, 2.24) is 4.98 Å². The van der Waals surface area contributed by atoms with Crippen LogP contribution in [0.25, 0.3) is 6.08 Å². The fourth-order valence-corrected chi connectivity index (χ4v) is 2.84. The van der Waals surface area contributed by atoms with Crippen molar-refractivity contribution in [2.75, 3.05) is 12.0 Å². The summed E-state index contributed by atoms with van der Waals surface area (Å²) < 4.78 is 35.3. The van der Waals surface area contributed by atoms with Crippen LogP contribution in [0.2, 0.25) is 0 Å². The van der Waals surface area contributed by atoms with E-state index in [1.165, 1.54) is 30.2 Å². The Morgan fingerprint density at radius 3 is 2.50 bits per heavy atom. The van der Waals surface area contributed by atoms with Gasteiger partial charge in [0.1, 0.15) is 5.82 Å². The van der Waals surface area contributed by atoms with Crippen molar-refractivity contribution < 1.29 is 23.0 Å². The molecule has 7 heteroatoms. The number of anilines is 1. The first kappa shape index (κ1) is 21.0. The van der Waals surface area contributed by atoms with Crippen LogP contribution in [0.4, 0.5) is 14.6 Å². The van der Waals surface area contributed by atoms with Crippen LogP contribution < -0.4 is 14.4 Å². The topological polar surface area (TPSA) is 51.7 Å². The van der Waals surface area contributed by atoms with E-state index in [1.807, 2.05) is 30.3 Å². The van der Waals surface area contributed by atoms with Crippen LogP contribution in [0.5, 0.6) is 11.5 Å². The van der Waals surface area contributed by atoms with Gasteiger partial charge in [0.15, 0.2) is 11.5 Å². The Morgan fingerprint density at radius 1 is 1.07 bits per heavy atom. The second-order valence-corrected chi connectivity index (χ2v) is 6.19. The highest BCUT2D eigenvalue weighted by atomic mass is 19.3. The third-order valence-corrected chi connectivity index (χ3v) is 4.22. The minimum Gasteiger partial charge on any atom is -0.493 e. The molecule has 0 saturated carbocycles. The van der Waals surface area contributed by atoms with Gasteiger partial charge in [-0.2, -0.15) is 8.78 Å². The van der Waals surface area contributed by atoms with E-state index in [0.717, 1.165) is 5.56 Å². The van der Waals surface area contributed by atoms with Crippen LogP contribution >= 0.6 is 0 Å². The van der Waals surface area contributed by atoms with E-state index < -0.39 is 6.61 Å². The quantitative estimate of drug-likeness (QED) is 0.494. The van der Waals surface area contributed by atoms with Gasteiger partial charge in [0.05, 0.1) is 13.7 Å². The number of amides is 1. The summed E-state index contributed by atoms with van der Waals surface area (Å²) in [5, 5.41) is 0. The summed E-state index contributed by atoms with van der Waals surface area (Å²) in [5.74, 6) is 0.135. The molecule has 0 aliphatic rings. The van der Waals surface area contributed by atoms with Crippen molar-refractivity contribution in [3.8, 4) is 11.5 Å². The molecule has 3 rings (SSSR count). The summed E-state index contributed by atoms with van der Waals surface area (Å²) in [7, 11) is 1.36. The number of methoxy groups -OCH3 is 1. The SMILES string of the molecule is COc1cccc(/C=C/C(=O)N(Cc2ccccc2)c2ccccn2)c1OC(F)F. The number of hydrogen-bond donors (Lipinski definition) is 0. The molecule has 154 valence electrons. The number of benzene rings is 2. The van der Waals surface area contributed by atoms with Crippen molar-refractivity contribution in [3.63, 3.8) is 0 Å². The molecule has 0 radical (unpaired) electrons. The first-order valence-electron chi connectivity index (χ1n) is 9.15. The second-order valence-electron chi connectivity index (χ2n) is 6.19. The molecule has 0 unspecified atom stereocenters. The zero-order valence-corrected chi connectivity index (χ0v) is 16.2. The second kappa shape index (κ2) is 10.2. The van der Waals surface area contributed by atoms with Gasteiger partial charge in [-0.25, -0.2) is 4.98 Å². The molecule has 1 amide bonds. The molecule has 0 bridgehead atoms. The van der Waals surface area contributed by atoms with Gasteiger partial charge < -0.3 is 9.47 Å². The van der Waals surface area contributed by atoms with Gasteiger partial charge in [-0.05, 0) is 29.8 Å². The maximum absolute atomic E-state index is 13.0. The highest BCUT2D eigenvalue weighted by molar-refractivity contribution is 6.03. The number of para-hydroxylation sites is 1. The Balaban J connectivity index is 1.90. The van der Waals surface area contributed by atoms with Crippen molar-refractivity contribution in [2.24, 2.45) is 0 Å². The molecule has 1 heterocycles. The van der Waals surface area contributed by atoms with Crippen molar-refractivity contribution in [3.05, 3.63) is 90.1 Å². The molecule has 0 fully saturated rings. The minimum absolute atomic E-state index is 0.133. The smallest absolute Gasteiger partial charge is 0.387 e. The molecule has 2 aromatic carbocycles. The largest absolute Gasteiger partial charge is 0.493 e. The number of nitrogens with zero attached hydrogens (tertiary/aromatic N) is 2. The lowest BCUT2D eigenvalue weighted by molar-refractivity contribution is -0.114. The average molecular weight is 410 g/mol. The van der Waals surface area contributed by atoms with Crippen LogP contribution in [0.1, 0.15) is 11.1 Å². The van der Waals surface area contributed by atoms with Gasteiger partial charge in [0, 0.05) is 17.8 Å². The summed E-state index contributed by atoms with van der Waals surface area (Å²) in [6.07, 6.45) is 4.31. The number of pyridine rings is 1. The lowest BCUT2D eigenvalue weighted by Crippen LogP contribution is -2.29. The van der Waals surface area contributed by atoms with Crippen LogP contribution in [-0.2, 0) is 11.3 Å². The van der Waals surface area contributed by atoms with Gasteiger partial charge in [0.25, 0.3) is 5.91 Å². The predicted molar refractivity (Wildman–Crippen MR) is 111 cm³/mol. The van der Waals surface area contributed by atoms with Gasteiger partial charge in [-0.3, -0.25) is 9.69 Å². The Labute approximate surface area is 173 Å². The van der Waals surface area contributed by atoms with E-state index in [0.29, 0.717) is 17.9 Å². The Morgan fingerprint density at radius 2 is 1.83 bits per heavy atom. The molecule has 0 atom stereocenters. The monoisotopic (exact) mass is 410 g/mol. The minimum atomic E-state index is -3.02. The molecule has 0 aliphatic heterocycles. The van der Waals surface area contributed by atoms with Crippen LogP contribution in [-0.4, -0.2) is 24.6 Å². The van der Waals surface area contributed by atoms with E-state index in [1.54, 1.807) is 36.5 Å². The summed E-state index contributed by atoms with van der Waals surface area (Å²) >= 11 is 0. The Kier molecular flexibility index (Phi) is 7.10. The molecule has 3 aromatic rings. The third-order valence-electron chi connectivity index (χ3n) is 4.22. The highest BCUT2D eigenvalue weighted by Gasteiger charge is 2.17. The van der Waals surface area contributed by atoms with E-state index in [4.69, 9.17) is 4.74 Å². The maximum Gasteiger partial charge on any atom is 0.387 e. The van der Waals surface area contributed by atoms with E-state index in [9.17, 15) is 13.6 Å². The molecule has 30 heavy (non-hydrogen) atoms. The number of carbonyl (C=O) groups is 1. The summed E-state index contributed by atoms with van der Waals surface area (Å²) in [4.78, 5) is 18.8. The predicted octanol–water partition coefficient (Wildman–Crippen LogP) is 4.94.